The van der Waals surface area contributed by atoms with Crippen molar-refractivity contribution < 1.29 is 8.85 Å². The van der Waals surface area contributed by atoms with Gasteiger partial charge in [-0.3, -0.25) is 0 Å². The Kier molecular flexibility index (Phi) is 6.25. The normalized spacial score (nSPS) is 31.3. The molecule has 0 unspecified atom stereocenters. The lowest BCUT2D eigenvalue weighted by Crippen LogP contribution is -2.51. The molecule has 2 nitrogen and oxygen atoms in total. The minimum atomic E-state index is -1.43. The Hall–Kier alpha value is 0.354. The molecule has 0 atom stereocenters. The number of hydrogen-bond acceptors (Lipinski definition) is 2. The third kappa shape index (κ3) is 5.98. The molecule has 0 aliphatic heterocycles. The van der Waals surface area contributed by atoms with E-state index >= 15 is 0 Å². The van der Waals surface area contributed by atoms with Gasteiger partial charge in [0.1, 0.15) is 0 Å². The van der Waals surface area contributed by atoms with Crippen LogP contribution in [-0.4, -0.2) is 29.8 Å². The quantitative estimate of drug-likeness (QED) is 0.478. The minimum Gasteiger partial charge on any atom is -0.417 e. The predicted molar refractivity (Wildman–Crippen MR) is 105 cm³/mol. The molecule has 2 saturated carbocycles. The first-order valence-corrected chi connectivity index (χ1v) is 16.6. The first kappa shape index (κ1) is 19.7. The Morgan fingerprint density at radius 2 is 1.35 bits per heavy atom. The molecule has 0 N–H and O–H groups in total. The summed E-state index contributed by atoms with van der Waals surface area (Å²) in [5.74, 6) is 2.52. The maximum Gasteiger partial charge on any atom is 0.183 e. The zero-order valence-corrected chi connectivity index (χ0v) is 18.7. The topological polar surface area (TPSA) is 18.5 Å². The average Bonchev–Trinajstić information content (AvgIpc) is 2.29. The van der Waals surface area contributed by atoms with Gasteiger partial charge in [0.15, 0.2) is 16.6 Å². The van der Waals surface area contributed by atoms with Gasteiger partial charge in [-0.1, -0.05) is 19.8 Å². The maximum absolute atomic E-state index is 6.27. The van der Waals surface area contributed by atoms with E-state index in [-0.39, 0.29) is 0 Å². The molecule has 2 rings (SSSR count). The first-order chi connectivity index (χ1) is 10.5. The van der Waals surface area contributed by atoms with Crippen LogP contribution in [0.3, 0.4) is 0 Å². The van der Waals surface area contributed by atoms with Crippen LogP contribution < -0.4 is 0 Å². The van der Waals surface area contributed by atoms with Crippen LogP contribution in [0.4, 0.5) is 0 Å². The second-order valence-corrected chi connectivity index (χ2v) is 19.4. The second-order valence-electron chi connectivity index (χ2n) is 10.3. The van der Waals surface area contributed by atoms with Crippen LogP contribution in [0.1, 0.15) is 45.4 Å². The average molecular weight is 357 g/mol. The lowest BCUT2D eigenvalue weighted by molar-refractivity contribution is -0.101. The fourth-order valence-corrected chi connectivity index (χ4v) is 5.96. The maximum atomic E-state index is 6.27. The molecule has 0 heterocycles. The standard InChI is InChI=1S/C19H40O2Si2/c1-8-9-16-10-19(11-16)12-17(13-19)18(14-20-22(2,3)4)15-21-23(5,6)7/h16-18H,8-15H2,1-7H3. The third-order valence-electron chi connectivity index (χ3n) is 5.66. The fourth-order valence-electron chi connectivity index (χ4n) is 4.53. The summed E-state index contributed by atoms with van der Waals surface area (Å²) in [6.07, 6.45) is 8.72. The van der Waals surface area contributed by atoms with E-state index < -0.39 is 16.6 Å². The van der Waals surface area contributed by atoms with Crippen molar-refractivity contribution in [1.29, 1.82) is 0 Å². The van der Waals surface area contributed by atoms with Crippen molar-refractivity contribution in [3.05, 3.63) is 0 Å². The molecule has 0 aromatic heterocycles. The Morgan fingerprint density at radius 3 is 1.74 bits per heavy atom. The van der Waals surface area contributed by atoms with Crippen molar-refractivity contribution in [2.75, 3.05) is 13.2 Å². The van der Waals surface area contributed by atoms with E-state index in [1.165, 1.54) is 38.5 Å². The molecule has 4 heteroatoms. The summed E-state index contributed by atoms with van der Waals surface area (Å²) in [5.41, 5.74) is 0.737. The Balaban J connectivity index is 1.81. The molecule has 0 saturated heterocycles. The summed E-state index contributed by atoms with van der Waals surface area (Å²) in [5, 5.41) is 0. The molecular weight excluding hydrogens is 316 g/mol. The van der Waals surface area contributed by atoms with Crippen molar-refractivity contribution >= 4 is 16.6 Å². The highest BCUT2D eigenvalue weighted by Gasteiger charge is 2.53. The van der Waals surface area contributed by atoms with E-state index in [2.05, 4.69) is 46.2 Å². The van der Waals surface area contributed by atoms with Gasteiger partial charge in [0.25, 0.3) is 0 Å². The van der Waals surface area contributed by atoms with Gasteiger partial charge in [0.05, 0.1) is 0 Å². The van der Waals surface area contributed by atoms with E-state index in [4.69, 9.17) is 8.85 Å². The van der Waals surface area contributed by atoms with Crippen LogP contribution in [0, 0.1) is 23.2 Å². The van der Waals surface area contributed by atoms with Gasteiger partial charge in [0.2, 0.25) is 0 Å². The highest BCUT2D eigenvalue weighted by atomic mass is 28.4. The first-order valence-electron chi connectivity index (χ1n) is 9.80. The minimum absolute atomic E-state index is 0.629. The van der Waals surface area contributed by atoms with Crippen LogP contribution in [0.2, 0.25) is 39.3 Å². The van der Waals surface area contributed by atoms with Crippen molar-refractivity contribution in [2.45, 2.75) is 84.7 Å². The molecule has 2 fully saturated rings. The van der Waals surface area contributed by atoms with Gasteiger partial charge in [-0.2, -0.15) is 0 Å². The second kappa shape index (κ2) is 7.31. The van der Waals surface area contributed by atoms with Gasteiger partial charge in [-0.15, -0.1) is 0 Å². The van der Waals surface area contributed by atoms with Crippen molar-refractivity contribution in [3.63, 3.8) is 0 Å². The summed E-state index contributed by atoms with van der Waals surface area (Å²) < 4.78 is 12.5. The fraction of sp³-hybridized carbons (Fsp3) is 1.00. The van der Waals surface area contributed by atoms with Crippen molar-refractivity contribution in [3.8, 4) is 0 Å². The summed E-state index contributed by atoms with van der Waals surface area (Å²) >= 11 is 0. The van der Waals surface area contributed by atoms with Crippen molar-refractivity contribution in [1.82, 2.24) is 0 Å². The largest absolute Gasteiger partial charge is 0.417 e. The van der Waals surface area contributed by atoms with Crippen LogP contribution in [0.25, 0.3) is 0 Å². The van der Waals surface area contributed by atoms with Crippen molar-refractivity contribution in [2.24, 2.45) is 23.2 Å². The van der Waals surface area contributed by atoms with Gasteiger partial charge in [0, 0.05) is 19.1 Å². The molecule has 0 aromatic rings. The monoisotopic (exact) mass is 356 g/mol. The van der Waals surface area contributed by atoms with Crippen LogP contribution in [-0.2, 0) is 8.85 Å². The molecule has 2 aliphatic rings. The van der Waals surface area contributed by atoms with Gasteiger partial charge in [-0.25, -0.2) is 0 Å². The molecule has 2 aliphatic carbocycles. The Bertz CT molecular complexity index is 352. The SMILES string of the molecule is CCCC1CC2(C1)CC(C(CO[Si](C)(C)C)CO[Si](C)(C)C)C2. The van der Waals surface area contributed by atoms with Gasteiger partial charge < -0.3 is 8.85 Å². The van der Waals surface area contributed by atoms with E-state index in [9.17, 15) is 0 Å². The molecule has 0 radical (unpaired) electrons. The van der Waals surface area contributed by atoms with Gasteiger partial charge >= 0.3 is 0 Å². The molecular formula is C19H40O2Si2. The summed E-state index contributed by atoms with van der Waals surface area (Å²) in [4.78, 5) is 0. The predicted octanol–water partition coefficient (Wildman–Crippen LogP) is 5.91. The van der Waals surface area contributed by atoms with E-state index in [1.807, 2.05) is 0 Å². The summed E-state index contributed by atoms with van der Waals surface area (Å²) in [6.45, 7) is 18.0. The Labute approximate surface area is 147 Å². The van der Waals surface area contributed by atoms with E-state index in [0.29, 0.717) is 5.92 Å². The number of rotatable bonds is 9. The lowest BCUT2D eigenvalue weighted by atomic mass is 9.46. The Morgan fingerprint density at radius 1 is 0.870 bits per heavy atom. The summed E-state index contributed by atoms with van der Waals surface area (Å²) in [6, 6.07) is 0. The zero-order valence-electron chi connectivity index (χ0n) is 16.7. The van der Waals surface area contributed by atoms with Crippen LogP contribution in [0.5, 0.6) is 0 Å². The summed E-state index contributed by atoms with van der Waals surface area (Å²) in [7, 11) is -2.85. The van der Waals surface area contributed by atoms with Crippen LogP contribution in [0.15, 0.2) is 0 Å². The molecule has 0 bridgehead atoms. The highest BCUT2D eigenvalue weighted by molar-refractivity contribution is 6.70. The van der Waals surface area contributed by atoms with E-state index in [0.717, 1.165) is 30.5 Å². The molecule has 136 valence electrons. The van der Waals surface area contributed by atoms with Gasteiger partial charge in [-0.05, 0) is 82.2 Å². The molecule has 0 amide bonds. The van der Waals surface area contributed by atoms with Crippen LogP contribution >= 0.6 is 0 Å². The molecule has 23 heavy (non-hydrogen) atoms. The number of hydrogen-bond donors (Lipinski definition) is 0. The zero-order chi connectivity index (χ0) is 17.3. The highest BCUT2D eigenvalue weighted by Crippen LogP contribution is 2.63. The third-order valence-corrected chi connectivity index (χ3v) is 7.72. The smallest absolute Gasteiger partial charge is 0.183 e. The molecule has 1 spiro atoms. The lowest BCUT2D eigenvalue weighted by Gasteiger charge is -2.60. The molecule has 0 aromatic carbocycles. The van der Waals surface area contributed by atoms with E-state index in [1.54, 1.807) is 0 Å².